The average Bonchev–Trinajstić information content (AvgIpc) is 2.56. The molecule has 1 aromatic carbocycles. The highest BCUT2D eigenvalue weighted by atomic mass is 32.2. The molecule has 0 aliphatic heterocycles. The Morgan fingerprint density at radius 3 is 1.88 bits per heavy atom. The quantitative estimate of drug-likeness (QED) is 0.302. The average molecular weight is 405 g/mol. The number of hydrogen-bond acceptors (Lipinski definition) is 6. The Balaban J connectivity index is 2.05. The zero-order chi connectivity index (χ0) is 19.7. The smallest absolute Gasteiger partial charge is 0.297 e. The molecule has 0 aliphatic rings. The van der Waals surface area contributed by atoms with Crippen molar-refractivity contribution in [2.75, 3.05) is 39.6 Å². The lowest BCUT2D eigenvalue weighted by Crippen LogP contribution is -2.41. The second-order valence-electron chi connectivity index (χ2n) is 7.42. The maximum atomic E-state index is 11.9. The summed E-state index contributed by atoms with van der Waals surface area (Å²) in [5, 5.41) is 0.191. The van der Waals surface area contributed by atoms with Crippen LogP contribution in [-0.2, 0) is 28.2 Å². The fraction of sp³-hybridized carbons (Fsp3) is 0.667. The van der Waals surface area contributed by atoms with Gasteiger partial charge in [-0.25, -0.2) is 0 Å². The van der Waals surface area contributed by atoms with Crippen LogP contribution in [-0.4, -0.2) is 56.4 Å². The van der Waals surface area contributed by atoms with Crippen LogP contribution in [0.2, 0.25) is 18.1 Å². The molecule has 0 saturated carbocycles. The van der Waals surface area contributed by atoms with E-state index in [1.165, 1.54) is 12.1 Å². The van der Waals surface area contributed by atoms with E-state index in [1.807, 2.05) is 0 Å². The molecule has 1 rings (SSSR count). The highest BCUT2D eigenvalue weighted by Crippen LogP contribution is 2.36. The summed E-state index contributed by atoms with van der Waals surface area (Å²) >= 11 is 0. The first-order valence-corrected chi connectivity index (χ1v) is 13.1. The van der Waals surface area contributed by atoms with E-state index in [4.69, 9.17) is 18.1 Å². The van der Waals surface area contributed by atoms with Gasteiger partial charge in [0.15, 0.2) is 8.32 Å². The van der Waals surface area contributed by atoms with Crippen LogP contribution in [0.1, 0.15) is 20.8 Å². The van der Waals surface area contributed by atoms with Gasteiger partial charge in [0.2, 0.25) is 0 Å². The van der Waals surface area contributed by atoms with E-state index in [0.29, 0.717) is 26.4 Å². The zero-order valence-corrected chi connectivity index (χ0v) is 18.3. The van der Waals surface area contributed by atoms with Gasteiger partial charge >= 0.3 is 0 Å². The summed E-state index contributed by atoms with van der Waals surface area (Å²) in [7, 11) is -5.44. The summed E-state index contributed by atoms with van der Waals surface area (Å²) in [5.74, 6) is 0. The summed E-state index contributed by atoms with van der Waals surface area (Å²) in [4.78, 5) is 0.144. The molecular weight excluding hydrogens is 372 g/mol. The van der Waals surface area contributed by atoms with E-state index in [2.05, 4.69) is 33.9 Å². The topological polar surface area (TPSA) is 71.1 Å². The van der Waals surface area contributed by atoms with Gasteiger partial charge < -0.3 is 13.9 Å². The van der Waals surface area contributed by atoms with Crippen molar-refractivity contribution < 1.29 is 26.5 Å². The first kappa shape index (κ1) is 23.3. The monoisotopic (exact) mass is 404 g/mol. The Bertz CT molecular complexity index is 610. The normalized spacial score (nSPS) is 13.1. The largest absolute Gasteiger partial charge is 0.414 e. The standard InChI is InChI=1S/C18H32O6SSi/c1-18(2,3)26(4,5)24-16-14-22-12-11-21-13-15-23-25(19,20)17-9-7-6-8-10-17/h6-10H,11-16H2,1-5H3. The Labute approximate surface area is 159 Å². The van der Waals surface area contributed by atoms with Crippen LogP contribution in [0.5, 0.6) is 0 Å². The van der Waals surface area contributed by atoms with Gasteiger partial charge in [0.25, 0.3) is 10.1 Å². The van der Waals surface area contributed by atoms with Crippen LogP contribution in [0.3, 0.4) is 0 Å². The summed E-state index contributed by atoms with van der Waals surface area (Å²) in [6, 6.07) is 8.04. The lowest BCUT2D eigenvalue weighted by molar-refractivity contribution is 0.0266. The molecule has 0 unspecified atom stereocenters. The molecule has 0 atom stereocenters. The van der Waals surface area contributed by atoms with Crippen LogP contribution < -0.4 is 0 Å². The highest BCUT2D eigenvalue weighted by molar-refractivity contribution is 7.86. The lowest BCUT2D eigenvalue weighted by atomic mass is 10.2. The number of benzene rings is 1. The molecule has 0 fully saturated rings. The van der Waals surface area contributed by atoms with E-state index in [0.717, 1.165) is 0 Å². The van der Waals surface area contributed by atoms with E-state index >= 15 is 0 Å². The van der Waals surface area contributed by atoms with Gasteiger partial charge in [-0.05, 0) is 30.3 Å². The van der Waals surface area contributed by atoms with Crippen LogP contribution in [0.4, 0.5) is 0 Å². The fourth-order valence-corrected chi connectivity index (χ4v) is 3.69. The second kappa shape index (κ2) is 10.5. The minimum absolute atomic E-state index is 0.0221. The van der Waals surface area contributed by atoms with E-state index < -0.39 is 18.4 Å². The molecule has 0 radical (unpaired) electrons. The molecule has 150 valence electrons. The fourth-order valence-electron chi connectivity index (χ4n) is 1.75. The highest BCUT2D eigenvalue weighted by Gasteiger charge is 2.36. The second-order valence-corrected chi connectivity index (χ2v) is 13.8. The van der Waals surface area contributed by atoms with Crippen LogP contribution in [0.15, 0.2) is 35.2 Å². The lowest BCUT2D eigenvalue weighted by Gasteiger charge is -2.36. The molecule has 0 amide bonds. The van der Waals surface area contributed by atoms with Gasteiger partial charge in [-0.3, -0.25) is 4.18 Å². The predicted molar refractivity (Wildman–Crippen MR) is 104 cm³/mol. The number of rotatable bonds is 12. The molecular formula is C18H32O6SSi. The minimum atomic E-state index is -3.72. The van der Waals surface area contributed by atoms with Crippen molar-refractivity contribution in [2.24, 2.45) is 0 Å². The van der Waals surface area contributed by atoms with Crippen molar-refractivity contribution in [3.8, 4) is 0 Å². The Hall–Kier alpha value is -0.773. The van der Waals surface area contributed by atoms with E-state index in [9.17, 15) is 8.42 Å². The summed E-state index contributed by atoms with van der Waals surface area (Å²) in [5.41, 5.74) is 0. The van der Waals surface area contributed by atoms with Crippen molar-refractivity contribution in [1.29, 1.82) is 0 Å². The molecule has 0 saturated heterocycles. The third-order valence-electron chi connectivity index (χ3n) is 4.37. The van der Waals surface area contributed by atoms with Crippen molar-refractivity contribution in [3.05, 3.63) is 30.3 Å². The first-order chi connectivity index (χ1) is 12.1. The van der Waals surface area contributed by atoms with Crippen LogP contribution in [0, 0.1) is 0 Å². The Morgan fingerprint density at radius 1 is 0.846 bits per heavy atom. The molecule has 0 heterocycles. The summed E-state index contributed by atoms with van der Waals surface area (Å²) in [6.07, 6.45) is 0. The van der Waals surface area contributed by atoms with Crippen molar-refractivity contribution in [2.45, 2.75) is 43.8 Å². The van der Waals surface area contributed by atoms with Gasteiger partial charge in [-0.1, -0.05) is 39.0 Å². The summed E-state index contributed by atoms with van der Waals surface area (Å²) in [6.45, 7) is 13.1. The van der Waals surface area contributed by atoms with Gasteiger partial charge in [-0.2, -0.15) is 8.42 Å². The molecule has 8 heteroatoms. The molecule has 26 heavy (non-hydrogen) atoms. The molecule has 0 aromatic heterocycles. The first-order valence-electron chi connectivity index (χ1n) is 8.80. The van der Waals surface area contributed by atoms with Gasteiger partial charge in [0.05, 0.1) is 44.5 Å². The Morgan fingerprint density at radius 2 is 1.35 bits per heavy atom. The molecule has 0 N–H and O–H groups in total. The molecule has 6 nitrogen and oxygen atoms in total. The molecule has 0 aliphatic carbocycles. The predicted octanol–water partition coefficient (Wildman–Crippen LogP) is 3.45. The number of hydrogen-bond donors (Lipinski definition) is 0. The third kappa shape index (κ3) is 8.28. The van der Waals surface area contributed by atoms with E-state index in [-0.39, 0.29) is 23.1 Å². The third-order valence-corrected chi connectivity index (χ3v) is 10.2. The number of ether oxygens (including phenoxy) is 2. The maximum absolute atomic E-state index is 11.9. The van der Waals surface area contributed by atoms with Gasteiger partial charge in [-0.15, -0.1) is 0 Å². The summed E-state index contributed by atoms with van der Waals surface area (Å²) < 4.78 is 45.5. The Kier molecular flexibility index (Phi) is 9.43. The van der Waals surface area contributed by atoms with Crippen molar-refractivity contribution in [1.82, 2.24) is 0 Å². The minimum Gasteiger partial charge on any atom is -0.414 e. The van der Waals surface area contributed by atoms with Crippen molar-refractivity contribution >= 4 is 18.4 Å². The van der Waals surface area contributed by atoms with Crippen molar-refractivity contribution in [3.63, 3.8) is 0 Å². The van der Waals surface area contributed by atoms with Crippen LogP contribution >= 0.6 is 0 Å². The maximum Gasteiger partial charge on any atom is 0.297 e. The molecule has 0 spiro atoms. The molecule has 1 aromatic rings. The molecule has 0 bridgehead atoms. The van der Waals surface area contributed by atoms with Gasteiger partial charge in [0.1, 0.15) is 0 Å². The zero-order valence-electron chi connectivity index (χ0n) is 16.5. The van der Waals surface area contributed by atoms with Crippen LogP contribution in [0.25, 0.3) is 0 Å². The SMILES string of the molecule is CC(C)(C)[Si](C)(C)OCCOCCOCCOS(=O)(=O)c1ccccc1. The van der Waals surface area contributed by atoms with Gasteiger partial charge in [0, 0.05) is 0 Å². The van der Waals surface area contributed by atoms with E-state index in [1.54, 1.807) is 18.2 Å².